The average molecular weight is 693 g/mol. The monoisotopic (exact) mass is 692 g/mol. The molecule has 0 aromatic heterocycles. The van der Waals surface area contributed by atoms with Gasteiger partial charge in [0.05, 0.1) is 31.2 Å². The van der Waals surface area contributed by atoms with Crippen molar-refractivity contribution in [3.63, 3.8) is 0 Å². The number of epoxide rings is 2. The molecule has 3 fully saturated rings. The molecule has 0 aromatic rings. The molecular weight excluding hydrogens is 639 g/mol. The van der Waals surface area contributed by atoms with Gasteiger partial charge in [0.25, 0.3) is 0 Å². The van der Waals surface area contributed by atoms with Crippen LogP contribution in [0.15, 0.2) is 11.6 Å². The third-order valence-corrected chi connectivity index (χ3v) is 9.88. The summed E-state index contributed by atoms with van der Waals surface area (Å²) in [5, 5.41) is 8.39. The summed E-state index contributed by atoms with van der Waals surface area (Å²) >= 11 is 0.0579. The number of hydrogen-bond donors (Lipinski definition) is 4. The minimum atomic E-state index is -0.575. The number of methoxy groups -OCH3 is 1. The lowest BCUT2D eigenvalue weighted by Gasteiger charge is -2.42. The molecule has 12 nitrogen and oxygen atoms in total. The van der Waals surface area contributed by atoms with Gasteiger partial charge in [0.2, 0.25) is 5.91 Å². The lowest BCUT2D eigenvalue weighted by molar-refractivity contribution is -0.119. The first-order valence-corrected chi connectivity index (χ1v) is 18.3. The SMILES string of the molecule is COC1C(OC(=O)N[C@@H](COC(=O)NCCCCCCNC(=O)CNSSF)C(C)C)CCC2(CO2)C1[C@]1(C)OC1CC=C(C)C. The van der Waals surface area contributed by atoms with E-state index in [1.807, 2.05) is 13.8 Å². The minimum Gasteiger partial charge on any atom is -0.447 e. The summed E-state index contributed by atoms with van der Waals surface area (Å²) in [4.78, 5) is 36.9. The predicted octanol–water partition coefficient (Wildman–Crippen LogP) is 4.99. The Balaban J connectivity index is 1.36. The average Bonchev–Trinajstić information content (AvgIpc) is 3.92. The number of unbranched alkanes of at least 4 members (excludes halogenated alkanes) is 3. The number of rotatable bonds is 20. The number of hydrogen-bond acceptors (Lipinski definition) is 11. The zero-order valence-corrected chi connectivity index (χ0v) is 29.6. The van der Waals surface area contributed by atoms with Gasteiger partial charge < -0.3 is 39.6 Å². The molecule has 2 aliphatic heterocycles. The molecule has 2 saturated heterocycles. The molecule has 264 valence electrons. The Morgan fingerprint density at radius 3 is 2.39 bits per heavy atom. The van der Waals surface area contributed by atoms with Gasteiger partial charge in [0.15, 0.2) is 0 Å². The summed E-state index contributed by atoms with van der Waals surface area (Å²) in [6, 6.07) is -0.436. The Kier molecular flexibility index (Phi) is 15.7. The topological polar surface area (TPSA) is 152 Å². The van der Waals surface area contributed by atoms with Gasteiger partial charge in [-0.1, -0.05) is 38.3 Å². The first-order valence-electron chi connectivity index (χ1n) is 16.2. The number of nitrogens with one attached hydrogen (secondary N) is 4. The van der Waals surface area contributed by atoms with Crippen molar-refractivity contribution >= 4 is 40.3 Å². The van der Waals surface area contributed by atoms with Gasteiger partial charge in [0, 0.05) is 31.2 Å². The first kappa shape index (κ1) is 38.7. The van der Waals surface area contributed by atoms with Gasteiger partial charge in [-0.15, -0.1) is 0 Å². The highest BCUT2D eigenvalue weighted by Crippen LogP contribution is 2.59. The molecule has 0 aromatic carbocycles. The molecule has 1 aliphatic carbocycles. The van der Waals surface area contributed by atoms with Crippen LogP contribution in [0.3, 0.4) is 0 Å². The zero-order chi connectivity index (χ0) is 33.7. The van der Waals surface area contributed by atoms with Crippen LogP contribution in [0.25, 0.3) is 0 Å². The van der Waals surface area contributed by atoms with E-state index in [-0.39, 0.29) is 59.9 Å². The van der Waals surface area contributed by atoms with E-state index < -0.39 is 29.9 Å². The van der Waals surface area contributed by atoms with E-state index in [2.05, 4.69) is 47.5 Å². The summed E-state index contributed by atoms with van der Waals surface area (Å²) in [5.74, 6) is -0.257. The van der Waals surface area contributed by atoms with E-state index in [1.54, 1.807) is 7.11 Å². The number of amides is 3. The molecule has 46 heavy (non-hydrogen) atoms. The fourth-order valence-electron chi connectivity index (χ4n) is 6.21. The number of halogens is 1. The molecule has 3 rings (SSSR count). The molecule has 0 radical (unpaired) electrons. The molecule has 3 aliphatic rings. The third kappa shape index (κ3) is 11.7. The molecular formula is C31H53FN4O8S2. The number of allylic oxidation sites excluding steroid dienone is 1. The van der Waals surface area contributed by atoms with Crippen molar-refractivity contribution in [3.8, 4) is 0 Å². The Hall–Kier alpha value is -1.78. The van der Waals surface area contributed by atoms with Gasteiger partial charge in [-0.25, -0.2) is 14.3 Å². The van der Waals surface area contributed by atoms with Crippen LogP contribution in [0.5, 0.6) is 0 Å². The standard InChI is InChI=1S/C31H53FN4O8S2/c1-20(2)11-12-24-30(5,44-24)27-26(40-6)23(13-14-31(27)19-42-31)43-29(39)36-22(21(3)4)18-41-28(38)34-16-10-8-7-9-15-33-25(37)17-35-46-45-32/h11,21-24,26-27,35H,7-10,12-19H2,1-6H3,(H,33,37)(H,34,38)(H,36,39)/t22-,23?,24?,26?,27?,30+,31?/m0/s1. The first-order chi connectivity index (χ1) is 22.0. The Morgan fingerprint density at radius 1 is 1.09 bits per heavy atom. The van der Waals surface area contributed by atoms with Crippen LogP contribution in [-0.2, 0) is 28.5 Å². The van der Waals surface area contributed by atoms with Crippen LogP contribution < -0.4 is 20.7 Å². The fraction of sp³-hybridized carbons (Fsp3) is 0.839. The van der Waals surface area contributed by atoms with Gasteiger partial charge in [-0.3, -0.25) is 4.79 Å². The number of alkyl carbamates (subject to hydrolysis) is 2. The fourth-order valence-corrected chi connectivity index (χ4v) is 6.76. The normalized spacial score (nSPS) is 28.7. The molecule has 1 spiro atoms. The highest BCUT2D eigenvalue weighted by atomic mass is 33.1. The summed E-state index contributed by atoms with van der Waals surface area (Å²) in [6.45, 7) is 11.8. The van der Waals surface area contributed by atoms with Crippen LogP contribution in [0, 0.1) is 11.8 Å². The summed E-state index contributed by atoms with van der Waals surface area (Å²) in [6.07, 6.45) is 5.83. The summed E-state index contributed by atoms with van der Waals surface area (Å²) in [5.41, 5.74) is 0.517. The van der Waals surface area contributed by atoms with Crippen LogP contribution in [0.4, 0.5) is 13.5 Å². The van der Waals surface area contributed by atoms with Crippen LogP contribution in [-0.4, -0.2) is 93.6 Å². The maximum atomic E-state index is 13.1. The summed E-state index contributed by atoms with van der Waals surface area (Å²) in [7, 11) is 2.41. The minimum absolute atomic E-state index is 0.00554. The molecule has 2 heterocycles. The Bertz CT molecular complexity index is 1030. The maximum Gasteiger partial charge on any atom is 0.407 e. The lowest BCUT2D eigenvalue weighted by atomic mass is 9.68. The molecule has 3 amide bonds. The van der Waals surface area contributed by atoms with E-state index in [4.69, 9.17) is 23.7 Å². The van der Waals surface area contributed by atoms with Crippen molar-refractivity contribution in [2.45, 2.75) is 115 Å². The van der Waals surface area contributed by atoms with Gasteiger partial charge in [-0.2, -0.15) is 3.89 Å². The highest BCUT2D eigenvalue weighted by Gasteiger charge is 2.72. The van der Waals surface area contributed by atoms with Crippen molar-refractivity contribution in [3.05, 3.63) is 11.6 Å². The molecule has 0 bridgehead atoms. The molecule has 4 N–H and O–H groups in total. The van der Waals surface area contributed by atoms with Gasteiger partial charge in [-0.05, 0) is 58.8 Å². The zero-order valence-electron chi connectivity index (χ0n) is 28.0. The van der Waals surface area contributed by atoms with Crippen molar-refractivity contribution in [2.75, 3.05) is 40.0 Å². The number of carbonyl (C=O) groups is 3. The highest BCUT2D eigenvalue weighted by molar-refractivity contribution is 8.74. The summed E-state index contributed by atoms with van der Waals surface area (Å²) < 4.78 is 44.1. The molecule has 5 unspecified atom stereocenters. The van der Waals surface area contributed by atoms with Crippen molar-refractivity contribution in [1.82, 2.24) is 20.7 Å². The van der Waals surface area contributed by atoms with E-state index in [0.717, 1.165) is 49.5 Å². The second-order valence-electron chi connectivity index (χ2n) is 13.1. The van der Waals surface area contributed by atoms with E-state index in [1.165, 1.54) is 5.57 Å². The van der Waals surface area contributed by atoms with E-state index >= 15 is 0 Å². The molecule has 15 heteroatoms. The molecule has 1 saturated carbocycles. The largest absolute Gasteiger partial charge is 0.447 e. The van der Waals surface area contributed by atoms with Crippen molar-refractivity contribution in [2.24, 2.45) is 11.8 Å². The van der Waals surface area contributed by atoms with Crippen LogP contribution in [0.1, 0.15) is 79.6 Å². The van der Waals surface area contributed by atoms with Crippen LogP contribution >= 0.6 is 22.2 Å². The van der Waals surface area contributed by atoms with E-state index in [0.29, 0.717) is 26.1 Å². The lowest BCUT2D eigenvalue weighted by Crippen LogP contribution is -2.56. The third-order valence-electron chi connectivity index (χ3n) is 9.02. The maximum absolute atomic E-state index is 13.1. The predicted molar refractivity (Wildman–Crippen MR) is 177 cm³/mol. The van der Waals surface area contributed by atoms with E-state index in [9.17, 15) is 18.3 Å². The quantitative estimate of drug-likeness (QED) is 0.0449. The number of ether oxygens (including phenoxy) is 5. The Morgan fingerprint density at radius 2 is 1.78 bits per heavy atom. The van der Waals surface area contributed by atoms with Crippen molar-refractivity contribution < 1.29 is 42.0 Å². The van der Waals surface area contributed by atoms with Gasteiger partial charge in [0.1, 0.15) is 41.2 Å². The second kappa shape index (κ2) is 18.7. The van der Waals surface area contributed by atoms with Crippen LogP contribution in [0.2, 0.25) is 0 Å². The number of carbonyl (C=O) groups excluding carboxylic acids is 3. The Labute approximate surface area is 280 Å². The smallest absolute Gasteiger partial charge is 0.407 e. The van der Waals surface area contributed by atoms with Gasteiger partial charge >= 0.3 is 12.2 Å². The van der Waals surface area contributed by atoms with Crippen molar-refractivity contribution in [1.29, 1.82) is 0 Å². The second-order valence-corrected chi connectivity index (χ2v) is 14.5. The molecule has 7 atom stereocenters.